The summed E-state index contributed by atoms with van der Waals surface area (Å²) in [5.41, 5.74) is 1.26. The first-order valence-corrected chi connectivity index (χ1v) is 9.81. The van der Waals surface area contributed by atoms with Gasteiger partial charge < -0.3 is 5.32 Å². The highest BCUT2D eigenvalue weighted by atomic mass is 35.5. The molecule has 0 unspecified atom stereocenters. The summed E-state index contributed by atoms with van der Waals surface area (Å²) in [5.74, 6) is -0.410. The third-order valence-electron chi connectivity index (χ3n) is 3.26. The van der Waals surface area contributed by atoms with E-state index in [1.807, 2.05) is 6.92 Å². The van der Waals surface area contributed by atoms with Crippen molar-refractivity contribution in [1.29, 1.82) is 0 Å². The number of halogens is 3. The highest BCUT2D eigenvalue weighted by Gasteiger charge is 2.14. The number of carbonyl (C=O) groups is 1. The van der Waals surface area contributed by atoms with Crippen LogP contribution in [0.3, 0.4) is 0 Å². The minimum absolute atomic E-state index is 0.0546. The molecule has 0 bridgehead atoms. The second-order valence-electron chi connectivity index (χ2n) is 5.26. The summed E-state index contributed by atoms with van der Waals surface area (Å²) >= 11 is 17.7. The number of hydrogen-bond acceptors (Lipinski definition) is 3. The fraction of sp³-hybridized carbons (Fsp3) is 0.188. The lowest BCUT2D eigenvalue weighted by Gasteiger charge is -2.10. The average molecular weight is 422 g/mol. The topological polar surface area (TPSA) is 75.3 Å². The fourth-order valence-corrected chi connectivity index (χ4v) is 3.56. The molecule has 5 nitrogen and oxygen atoms in total. The number of nitrogens with one attached hydrogen (secondary N) is 2. The van der Waals surface area contributed by atoms with Crippen LogP contribution in [0.15, 0.2) is 41.3 Å². The molecule has 0 aliphatic rings. The van der Waals surface area contributed by atoms with E-state index in [1.54, 1.807) is 12.1 Å². The predicted molar refractivity (Wildman–Crippen MR) is 101 cm³/mol. The van der Waals surface area contributed by atoms with Crippen LogP contribution in [-0.2, 0) is 14.8 Å². The van der Waals surface area contributed by atoms with Crippen LogP contribution in [0.2, 0.25) is 15.1 Å². The number of hydrogen-bond donors (Lipinski definition) is 2. The molecular formula is C16H15Cl3N2O3S. The summed E-state index contributed by atoms with van der Waals surface area (Å²) in [6, 6.07) is 9.27. The van der Waals surface area contributed by atoms with Crippen molar-refractivity contribution < 1.29 is 13.2 Å². The SMILES string of the molecule is Cc1ccc(S(=O)(=O)NCCC(=O)Nc2cc(Cl)c(Cl)cc2Cl)cc1. The van der Waals surface area contributed by atoms with E-state index < -0.39 is 15.9 Å². The molecule has 0 radical (unpaired) electrons. The Morgan fingerprint density at radius 2 is 1.60 bits per heavy atom. The number of anilines is 1. The summed E-state index contributed by atoms with van der Waals surface area (Å²) < 4.78 is 26.6. The molecular weight excluding hydrogens is 407 g/mol. The van der Waals surface area contributed by atoms with Crippen molar-refractivity contribution >= 4 is 56.4 Å². The maximum Gasteiger partial charge on any atom is 0.240 e. The van der Waals surface area contributed by atoms with Gasteiger partial charge in [-0.2, -0.15) is 0 Å². The molecule has 0 atom stereocenters. The van der Waals surface area contributed by atoms with E-state index in [0.717, 1.165) is 5.56 Å². The first-order chi connectivity index (χ1) is 11.7. The van der Waals surface area contributed by atoms with Crippen molar-refractivity contribution in [1.82, 2.24) is 4.72 Å². The summed E-state index contributed by atoms with van der Waals surface area (Å²) in [4.78, 5) is 12.1. The molecule has 0 aliphatic heterocycles. The van der Waals surface area contributed by atoms with Crippen LogP contribution < -0.4 is 10.0 Å². The second kappa shape index (κ2) is 8.38. The first kappa shape index (κ1) is 20.0. The van der Waals surface area contributed by atoms with Crippen molar-refractivity contribution in [3.05, 3.63) is 57.0 Å². The number of amides is 1. The Hall–Kier alpha value is -1.31. The van der Waals surface area contributed by atoms with Gasteiger partial charge in [0.1, 0.15) is 0 Å². The van der Waals surface area contributed by atoms with Gasteiger partial charge in [0, 0.05) is 13.0 Å². The van der Waals surface area contributed by atoms with Gasteiger partial charge in [-0.3, -0.25) is 4.79 Å². The zero-order valence-corrected chi connectivity index (χ0v) is 16.2. The molecule has 0 heterocycles. The smallest absolute Gasteiger partial charge is 0.240 e. The molecule has 1 amide bonds. The molecule has 0 saturated heterocycles. The van der Waals surface area contributed by atoms with Crippen LogP contribution in [0.25, 0.3) is 0 Å². The minimum atomic E-state index is -3.66. The van der Waals surface area contributed by atoms with Crippen molar-refractivity contribution in [2.24, 2.45) is 0 Å². The number of benzene rings is 2. The van der Waals surface area contributed by atoms with Crippen molar-refractivity contribution in [3.63, 3.8) is 0 Å². The molecule has 0 aliphatic carbocycles. The van der Waals surface area contributed by atoms with E-state index in [9.17, 15) is 13.2 Å². The molecule has 0 aromatic heterocycles. The number of rotatable bonds is 6. The zero-order chi connectivity index (χ0) is 18.6. The molecule has 2 aromatic carbocycles. The Morgan fingerprint density at radius 3 is 2.24 bits per heavy atom. The maximum atomic E-state index is 12.1. The molecule has 2 rings (SSSR count). The van der Waals surface area contributed by atoms with Gasteiger partial charge in [-0.05, 0) is 31.2 Å². The lowest BCUT2D eigenvalue weighted by molar-refractivity contribution is -0.116. The molecule has 134 valence electrons. The Bertz CT molecular complexity index is 884. The van der Waals surface area contributed by atoms with E-state index in [0.29, 0.717) is 5.69 Å². The van der Waals surface area contributed by atoms with Crippen LogP contribution in [-0.4, -0.2) is 20.9 Å². The van der Waals surface area contributed by atoms with Crippen molar-refractivity contribution in [2.45, 2.75) is 18.2 Å². The van der Waals surface area contributed by atoms with Crippen molar-refractivity contribution in [3.8, 4) is 0 Å². The Kier molecular flexibility index (Phi) is 6.71. The third kappa shape index (κ3) is 5.59. The second-order valence-corrected chi connectivity index (χ2v) is 8.24. The molecule has 9 heteroatoms. The van der Waals surface area contributed by atoms with E-state index in [4.69, 9.17) is 34.8 Å². The number of carbonyl (C=O) groups excluding carboxylic acids is 1. The van der Waals surface area contributed by atoms with Gasteiger partial charge in [-0.25, -0.2) is 13.1 Å². The fourth-order valence-electron chi connectivity index (χ4n) is 1.93. The van der Waals surface area contributed by atoms with Gasteiger partial charge in [0.15, 0.2) is 0 Å². The molecule has 2 N–H and O–H groups in total. The Morgan fingerprint density at radius 1 is 1.00 bits per heavy atom. The van der Waals surface area contributed by atoms with Crippen LogP contribution in [0.1, 0.15) is 12.0 Å². The number of sulfonamides is 1. The van der Waals surface area contributed by atoms with E-state index in [1.165, 1.54) is 24.3 Å². The van der Waals surface area contributed by atoms with Gasteiger partial charge in [-0.1, -0.05) is 52.5 Å². The average Bonchev–Trinajstić information content (AvgIpc) is 2.53. The van der Waals surface area contributed by atoms with E-state index >= 15 is 0 Å². The summed E-state index contributed by atoms with van der Waals surface area (Å²) in [6.45, 7) is 1.81. The van der Waals surface area contributed by atoms with Crippen LogP contribution in [0.4, 0.5) is 5.69 Å². The Labute approximate surface area is 161 Å². The van der Waals surface area contributed by atoms with Gasteiger partial charge in [-0.15, -0.1) is 0 Å². The normalized spacial score (nSPS) is 11.4. The summed E-state index contributed by atoms with van der Waals surface area (Å²) in [5, 5.41) is 3.33. The summed E-state index contributed by atoms with van der Waals surface area (Å²) in [7, 11) is -3.66. The predicted octanol–water partition coefficient (Wildman–Crippen LogP) is 4.26. The first-order valence-electron chi connectivity index (χ1n) is 7.20. The summed E-state index contributed by atoms with van der Waals surface area (Å²) in [6.07, 6.45) is -0.0678. The van der Waals surface area contributed by atoms with Crippen LogP contribution in [0.5, 0.6) is 0 Å². The monoisotopic (exact) mass is 420 g/mol. The highest BCUT2D eigenvalue weighted by Crippen LogP contribution is 2.32. The molecule has 0 spiro atoms. The van der Waals surface area contributed by atoms with Gasteiger partial charge in [0.2, 0.25) is 15.9 Å². The quantitative estimate of drug-likeness (QED) is 0.684. The number of aryl methyl sites for hydroxylation is 1. The molecule has 0 saturated carbocycles. The van der Waals surface area contributed by atoms with Gasteiger partial charge in [0.05, 0.1) is 25.7 Å². The van der Waals surface area contributed by atoms with Gasteiger partial charge >= 0.3 is 0 Å². The highest BCUT2D eigenvalue weighted by molar-refractivity contribution is 7.89. The Balaban J connectivity index is 1.92. The van der Waals surface area contributed by atoms with E-state index in [2.05, 4.69) is 10.0 Å². The molecule has 2 aromatic rings. The molecule has 25 heavy (non-hydrogen) atoms. The maximum absolute atomic E-state index is 12.1. The lowest BCUT2D eigenvalue weighted by Crippen LogP contribution is -2.27. The zero-order valence-electron chi connectivity index (χ0n) is 13.1. The largest absolute Gasteiger partial charge is 0.325 e. The molecule has 0 fully saturated rings. The third-order valence-corrected chi connectivity index (χ3v) is 5.77. The van der Waals surface area contributed by atoms with Crippen molar-refractivity contribution in [2.75, 3.05) is 11.9 Å². The van der Waals surface area contributed by atoms with E-state index in [-0.39, 0.29) is 32.9 Å². The standard InChI is InChI=1S/C16H15Cl3N2O3S/c1-10-2-4-11(5-3-10)25(23,24)20-7-6-16(22)21-15-9-13(18)12(17)8-14(15)19/h2-5,8-9,20H,6-7H2,1H3,(H,21,22). The lowest BCUT2D eigenvalue weighted by atomic mass is 10.2. The minimum Gasteiger partial charge on any atom is -0.325 e. The van der Waals surface area contributed by atoms with Gasteiger partial charge in [0.25, 0.3) is 0 Å². The van der Waals surface area contributed by atoms with Crippen LogP contribution >= 0.6 is 34.8 Å². The van der Waals surface area contributed by atoms with Crippen LogP contribution in [0, 0.1) is 6.92 Å².